The summed E-state index contributed by atoms with van der Waals surface area (Å²) in [4.78, 5) is 28.3. The quantitative estimate of drug-likeness (QED) is 0.328. The van der Waals surface area contributed by atoms with Crippen molar-refractivity contribution in [3.8, 4) is 33.9 Å². The molecule has 29 heavy (non-hydrogen) atoms. The van der Waals surface area contributed by atoms with Gasteiger partial charge in [0.15, 0.2) is 11.6 Å². The molecule has 0 aliphatic carbocycles. The van der Waals surface area contributed by atoms with Gasteiger partial charge in [0.1, 0.15) is 11.5 Å². The van der Waals surface area contributed by atoms with E-state index in [4.69, 9.17) is 9.47 Å². The largest absolute Gasteiger partial charge is 0.497 e. The van der Waals surface area contributed by atoms with Gasteiger partial charge < -0.3 is 9.47 Å². The molecule has 0 radical (unpaired) electrons. The van der Waals surface area contributed by atoms with E-state index >= 15 is 0 Å². The van der Waals surface area contributed by atoms with Crippen LogP contribution >= 0.6 is 0 Å². The monoisotopic (exact) mass is 391 g/mol. The Balaban J connectivity index is 2.27. The topological polar surface area (TPSA) is 81.1 Å². The molecule has 7 nitrogen and oxygen atoms in total. The van der Waals surface area contributed by atoms with Crippen LogP contribution in [0.1, 0.15) is 17.3 Å². The summed E-state index contributed by atoms with van der Waals surface area (Å²) in [6.07, 6.45) is 0. The number of carbonyl (C=O) groups is 1. The number of pyridine rings is 1. The van der Waals surface area contributed by atoms with Gasteiger partial charge in [-0.2, -0.15) is 0 Å². The van der Waals surface area contributed by atoms with Crippen molar-refractivity contribution >= 4 is 11.6 Å². The van der Waals surface area contributed by atoms with E-state index in [0.717, 1.165) is 21.9 Å². The van der Waals surface area contributed by atoms with E-state index in [1.165, 1.54) is 14.0 Å². The Morgan fingerprint density at radius 1 is 0.931 bits per heavy atom. The molecule has 0 bridgehead atoms. The first-order valence-corrected chi connectivity index (χ1v) is 8.90. The first-order chi connectivity index (χ1) is 14.0. The predicted octanol–water partition coefficient (Wildman–Crippen LogP) is 4.75. The molecule has 2 aromatic carbocycles. The molecule has 0 saturated heterocycles. The number of aromatic nitrogens is 1. The number of methoxy groups -OCH3 is 2. The van der Waals surface area contributed by atoms with Crippen LogP contribution in [0.15, 0.2) is 59.9 Å². The van der Waals surface area contributed by atoms with Crippen molar-refractivity contribution in [2.45, 2.75) is 6.92 Å². The van der Waals surface area contributed by atoms with Gasteiger partial charge in [0.05, 0.1) is 30.8 Å². The summed E-state index contributed by atoms with van der Waals surface area (Å²) in [6, 6.07) is 16.6. The lowest BCUT2D eigenvalue weighted by Crippen LogP contribution is -2.15. The highest BCUT2D eigenvalue weighted by Crippen LogP contribution is 2.35. The number of rotatable bonds is 7. The molecule has 0 spiro atoms. The molecule has 1 aromatic heterocycles. The van der Waals surface area contributed by atoms with Crippen LogP contribution in [0.5, 0.6) is 11.5 Å². The average molecular weight is 391 g/mol. The van der Waals surface area contributed by atoms with Crippen LogP contribution in [0, 0.1) is 4.91 Å². The predicted molar refractivity (Wildman–Crippen MR) is 112 cm³/mol. The molecular weight excluding hydrogens is 370 g/mol. The van der Waals surface area contributed by atoms with Crippen molar-refractivity contribution in [2.24, 2.45) is 5.29 Å². The third-order valence-corrected chi connectivity index (χ3v) is 4.57. The van der Waals surface area contributed by atoms with Crippen LogP contribution in [-0.2, 0) is 0 Å². The van der Waals surface area contributed by atoms with Gasteiger partial charge in [0.2, 0.25) is 0 Å². The minimum Gasteiger partial charge on any atom is -0.497 e. The van der Waals surface area contributed by atoms with E-state index < -0.39 is 0 Å². The number of nitrogens with zero attached hydrogens (tertiary/aromatic N) is 3. The standard InChI is InChI=1S/C22H21N3O4/c1-14(26)21-19(15-5-9-17(28-3)10-6-15)13-20(23-22(21)25(2)24-27)16-7-11-18(29-4)12-8-16/h5-13H,1-4H3. The molecule has 7 heteroatoms. The van der Waals surface area contributed by atoms with Gasteiger partial charge in [-0.3, -0.25) is 4.79 Å². The Morgan fingerprint density at radius 2 is 1.45 bits per heavy atom. The van der Waals surface area contributed by atoms with Gasteiger partial charge in [0, 0.05) is 12.6 Å². The van der Waals surface area contributed by atoms with Crippen molar-refractivity contribution in [2.75, 3.05) is 26.3 Å². The Kier molecular flexibility index (Phi) is 5.87. The van der Waals surface area contributed by atoms with Gasteiger partial charge in [-0.1, -0.05) is 12.1 Å². The molecule has 0 fully saturated rings. The number of anilines is 1. The van der Waals surface area contributed by atoms with E-state index in [2.05, 4.69) is 10.3 Å². The lowest BCUT2D eigenvalue weighted by atomic mass is 9.95. The van der Waals surface area contributed by atoms with Crippen LogP contribution in [0.4, 0.5) is 5.82 Å². The highest BCUT2D eigenvalue weighted by molar-refractivity contribution is 6.06. The fraction of sp³-hybridized carbons (Fsp3) is 0.182. The van der Waals surface area contributed by atoms with Gasteiger partial charge >= 0.3 is 0 Å². The van der Waals surface area contributed by atoms with Crippen LogP contribution in [0.2, 0.25) is 0 Å². The molecular formula is C22H21N3O4. The number of carbonyl (C=O) groups excluding carboxylic acids is 1. The average Bonchev–Trinajstić information content (AvgIpc) is 2.77. The van der Waals surface area contributed by atoms with E-state index in [-0.39, 0.29) is 11.6 Å². The first kappa shape index (κ1) is 20.0. The number of hydrogen-bond acceptors (Lipinski definition) is 6. The summed E-state index contributed by atoms with van der Waals surface area (Å²) in [5.41, 5.74) is 3.21. The normalized spacial score (nSPS) is 10.3. The first-order valence-electron chi connectivity index (χ1n) is 8.90. The minimum absolute atomic E-state index is 0.201. The molecule has 0 saturated carbocycles. The van der Waals surface area contributed by atoms with E-state index in [9.17, 15) is 9.70 Å². The van der Waals surface area contributed by atoms with E-state index in [1.54, 1.807) is 14.2 Å². The Hall–Kier alpha value is -3.74. The lowest BCUT2D eigenvalue weighted by Gasteiger charge is -2.18. The third-order valence-electron chi connectivity index (χ3n) is 4.57. The van der Waals surface area contributed by atoms with Crippen LogP contribution < -0.4 is 14.5 Å². The number of Topliss-reactive ketones (excluding diaryl/α,β-unsaturated/α-hetero) is 1. The zero-order valence-corrected chi connectivity index (χ0v) is 16.7. The number of ketones is 1. The van der Waals surface area contributed by atoms with Crippen molar-refractivity contribution in [3.63, 3.8) is 0 Å². The Bertz CT molecular complexity index is 1030. The molecule has 3 aromatic rings. The summed E-state index contributed by atoms with van der Waals surface area (Å²) in [5.74, 6) is 1.41. The molecule has 0 amide bonds. The number of nitroso groups, excluding NO2 is 1. The molecule has 3 rings (SSSR count). The summed E-state index contributed by atoms with van der Waals surface area (Å²) < 4.78 is 10.4. The minimum atomic E-state index is -0.213. The second-order valence-electron chi connectivity index (χ2n) is 6.37. The number of benzene rings is 2. The smallest absolute Gasteiger partial charge is 0.164 e. The lowest BCUT2D eigenvalue weighted by molar-refractivity contribution is 0.101. The molecule has 0 unspecified atom stereocenters. The van der Waals surface area contributed by atoms with Gasteiger partial charge in [-0.25, -0.2) is 9.99 Å². The van der Waals surface area contributed by atoms with Crippen LogP contribution in [0.25, 0.3) is 22.4 Å². The highest BCUT2D eigenvalue weighted by atomic mass is 16.5. The molecule has 0 N–H and O–H groups in total. The van der Waals surface area contributed by atoms with E-state index in [0.29, 0.717) is 22.6 Å². The summed E-state index contributed by atoms with van der Waals surface area (Å²) in [7, 11) is 4.66. The number of ether oxygens (including phenoxy) is 2. The van der Waals surface area contributed by atoms with Gasteiger partial charge in [0.25, 0.3) is 0 Å². The van der Waals surface area contributed by atoms with E-state index in [1.807, 2.05) is 54.6 Å². The van der Waals surface area contributed by atoms with Crippen molar-refractivity contribution in [1.29, 1.82) is 0 Å². The highest BCUT2D eigenvalue weighted by Gasteiger charge is 2.21. The van der Waals surface area contributed by atoms with Gasteiger partial charge in [-0.05, 0) is 60.5 Å². The second-order valence-corrected chi connectivity index (χ2v) is 6.37. The van der Waals surface area contributed by atoms with Crippen LogP contribution in [0.3, 0.4) is 0 Å². The number of hydrogen-bond donors (Lipinski definition) is 0. The molecule has 0 aliphatic heterocycles. The third kappa shape index (κ3) is 4.08. The zero-order chi connectivity index (χ0) is 21.0. The van der Waals surface area contributed by atoms with Crippen molar-refractivity contribution in [3.05, 3.63) is 65.1 Å². The molecule has 1 heterocycles. The fourth-order valence-corrected chi connectivity index (χ4v) is 3.06. The summed E-state index contributed by atoms with van der Waals surface area (Å²) >= 11 is 0. The summed E-state index contributed by atoms with van der Waals surface area (Å²) in [6.45, 7) is 1.44. The molecule has 0 atom stereocenters. The van der Waals surface area contributed by atoms with Crippen LogP contribution in [-0.4, -0.2) is 32.0 Å². The van der Waals surface area contributed by atoms with Crippen molar-refractivity contribution < 1.29 is 14.3 Å². The molecule has 0 aliphatic rings. The maximum absolute atomic E-state index is 12.5. The maximum Gasteiger partial charge on any atom is 0.164 e. The SMILES string of the molecule is COc1ccc(-c2cc(-c3ccc(OC)cc3)c(C(C)=O)c(N(C)N=O)n2)cc1. The second kappa shape index (κ2) is 8.52. The molecule has 148 valence electrons. The zero-order valence-electron chi connectivity index (χ0n) is 16.7. The van der Waals surface area contributed by atoms with Gasteiger partial charge in [-0.15, -0.1) is 4.91 Å². The Labute approximate surface area is 168 Å². The Morgan fingerprint density at radius 3 is 1.90 bits per heavy atom. The van der Waals surface area contributed by atoms with Crippen molar-refractivity contribution in [1.82, 2.24) is 4.98 Å². The maximum atomic E-state index is 12.5. The summed E-state index contributed by atoms with van der Waals surface area (Å²) in [5, 5.41) is 4.02. The fourth-order valence-electron chi connectivity index (χ4n) is 3.06.